The molecule has 0 aliphatic heterocycles. The van der Waals surface area contributed by atoms with E-state index in [0.717, 1.165) is 12.8 Å². The number of hydrogen-bond acceptors (Lipinski definition) is 2. The summed E-state index contributed by atoms with van der Waals surface area (Å²) >= 11 is 0. The predicted molar refractivity (Wildman–Crippen MR) is 89.2 cm³/mol. The number of nitrogens with two attached hydrogens (primary N) is 1. The summed E-state index contributed by atoms with van der Waals surface area (Å²) in [5.41, 5.74) is 9.41. The first-order valence-electron chi connectivity index (χ1n) is 7.82. The molecule has 1 atom stereocenters. The lowest BCUT2D eigenvalue weighted by molar-refractivity contribution is -0.122. The highest BCUT2D eigenvalue weighted by atomic mass is 16.1. The molecule has 0 saturated heterocycles. The van der Waals surface area contributed by atoms with E-state index in [9.17, 15) is 4.79 Å². The lowest BCUT2D eigenvalue weighted by Crippen LogP contribution is -2.28. The molecule has 0 aliphatic carbocycles. The van der Waals surface area contributed by atoms with E-state index in [4.69, 9.17) is 5.73 Å². The quantitative estimate of drug-likeness (QED) is 0.805. The van der Waals surface area contributed by atoms with Gasteiger partial charge in [-0.15, -0.1) is 0 Å². The molecular formula is C18H30N2O. The Kier molecular flexibility index (Phi) is 6.41. The van der Waals surface area contributed by atoms with Crippen molar-refractivity contribution in [1.82, 2.24) is 5.32 Å². The SMILES string of the molecule is Cc1ccc(C(C)NC(=O)CCC(C)(C)CCN)c(C)c1. The van der Waals surface area contributed by atoms with Crippen LogP contribution < -0.4 is 11.1 Å². The van der Waals surface area contributed by atoms with Crippen LogP contribution in [0.4, 0.5) is 0 Å². The molecule has 3 heteroatoms. The number of aryl methyl sites for hydroxylation is 2. The molecule has 3 N–H and O–H groups in total. The summed E-state index contributed by atoms with van der Waals surface area (Å²) in [6, 6.07) is 6.40. The Morgan fingerprint density at radius 3 is 2.52 bits per heavy atom. The van der Waals surface area contributed by atoms with Gasteiger partial charge in [-0.2, -0.15) is 0 Å². The van der Waals surface area contributed by atoms with Crippen LogP contribution in [0.15, 0.2) is 18.2 Å². The summed E-state index contributed by atoms with van der Waals surface area (Å²) in [5, 5.41) is 3.10. The molecule has 0 radical (unpaired) electrons. The zero-order valence-electron chi connectivity index (χ0n) is 14.1. The van der Waals surface area contributed by atoms with Gasteiger partial charge in [0.05, 0.1) is 6.04 Å². The van der Waals surface area contributed by atoms with Crippen LogP contribution in [0.3, 0.4) is 0 Å². The maximum atomic E-state index is 12.1. The minimum Gasteiger partial charge on any atom is -0.350 e. The summed E-state index contributed by atoms with van der Waals surface area (Å²) in [6.07, 6.45) is 2.38. The molecule has 0 fully saturated rings. The van der Waals surface area contributed by atoms with Gasteiger partial charge in [0.15, 0.2) is 0 Å². The minimum absolute atomic E-state index is 0.0516. The van der Waals surface area contributed by atoms with Gasteiger partial charge in [-0.25, -0.2) is 0 Å². The molecule has 0 saturated carbocycles. The van der Waals surface area contributed by atoms with Gasteiger partial charge < -0.3 is 11.1 Å². The fourth-order valence-corrected chi connectivity index (χ4v) is 2.67. The highest BCUT2D eigenvalue weighted by molar-refractivity contribution is 5.76. The molecule has 0 aromatic heterocycles. The van der Waals surface area contributed by atoms with E-state index in [1.54, 1.807) is 0 Å². The standard InChI is InChI=1S/C18H30N2O/c1-13-6-7-16(14(2)12-13)15(3)20-17(21)8-9-18(4,5)10-11-19/h6-7,12,15H,8-11,19H2,1-5H3,(H,20,21). The monoisotopic (exact) mass is 290 g/mol. The molecular weight excluding hydrogens is 260 g/mol. The average Bonchev–Trinajstić information content (AvgIpc) is 2.36. The molecule has 0 aliphatic rings. The summed E-state index contributed by atoms with van der Waals surface area (Å²) in [4.78, 5) is 12.1. The number of rotatable bonds is 7. The number of nitrogens with one attached hydrogen (secondary N) is 1. The lowest BCUT2D eigenvalue weighted by Gasteiger charge is -2.24. The van der Waals surface area contributed by atoms with Crippen molar-refractivity contribution in [2.45, 2.75) is 59.9 Å². The molecule has 3 nitrogen and oxygen atoms in total. The molecule has 1 aromatic carbocycles. The van der Waals surface area contributed by atoms with Gasteiger partial charge in [-0.3, -0.25) is 4.79 Å². The maximum absolute atomic E-state index is 12.1. The van der Waals surface area contributed by atoms with Crippen molar-refractivity contribution in [1.29, 1.82) is 0 Å². The highest BCUT2D eigenvalue weighted by Gasteiger charge is 2.19. The third-order valence-electron chi connectivity index (χ3n) is 4.12. The predicted octanol–water partition coefficient (Wildman–Crippen LogP) is 3.64. The molecule has 0 bridgehead atoms. The van der Waals surface area contributed by atoms with Gasteiger partial charge in [0, 0.05) is 6.42 Å². The van der Waals surface area contributed by atoms with Gasteiger partial charge in [-0.05, 0) is 56.7 Å². The Labute approximate surface area is 129 Å². The van der Waals surface area contributed by atoms with Gasteiger partial charge in [0.1, 0.15) is 0 Å². The van der Waals surface area contributed by atoms with Crippen LogP contribution in [0.5, 0.6) is 0 Å². The van der Waals surface area contributed by atoms with Gasteiger partial charge >= 0.3 is 0 Å². The molecule has 0 heterocycles. The minimum atomic E-state index is 0.0516. The smallest absolute Gasteiger partial charge is 0.220 e. The van der Waals surface area contributed by atoms with Gasteiger partial charge in [0.25, 0.3) is 0 Å². The summed E-state index contributed by atoms with van der Waals surface area (Å²) in [6.45, 7) is 11.2. The zero-order valence-corrected chi connectivity index (χ0v) is 14.1. The molecule has 1 rings (SSSR count). The molecule has 1 unspecified atom stereocenters. The molecule has 1 amide bonds. The fourth-order valence-electron chi connectivity index (χ4n) is 2.67. The zero-order chi connectivity index (χ0) is 16.0. The highest BCUT2D eigenvalue weighted by Crippen LogP contribution is 2.26. The second-order valence-electron chi connectivity index (χ2n) is 6.85. The third-order valence-corrected chi connectivity index (χ3v) is 4.12. The van der Waals surface area contributed by atoms with Crippen LogP contribution in [0.2, 0.25) is 0 Å². The van der Waals surface area contributed by atoms with Crippen LogP contribution in [0.25, 0.3) is 0 Å². The van der Waals surface area contributed by atoms with E-state index in [1.807, 2.05) is 6.92 Å². The van der Waals surface area contributed by atoms with E-state index in [1.165, 1.54) is 16.7 Å². The Morgan fingerprint density at radius 2 is 1.95 bits per heavy atom. The van der Waals surface area contributed by atoms with E-state index in [-0.39, 0.29) is 17.4 Å². The summed E-state index contributed by atoms with van der Waals surface area (Å²) in [5.74, 6) is 0.118. The number of carbonyl (C=O) groups is 1. The second-order valence-corrected chi connectivity index (χ2v) is 6.85. The van der Waals surface area contributed by atoms with Crippen molar-refractivity contribution in [3.8, 4) is 0 Å². The normalized spacial score (nSPS) is 13.0. The maximum Gasteiger partial charge on any atom is 0.220 e. The molecule has 1 aromatic rings. The van der Waals surface area contributed by atoms with Crippen LogP contribution >= 0.6 is 0 Å². The van der Waals surface area contributed by atoms with Crippen molar-refractivity contribution < 1.29 is 4.79 Å². The van der Waals surface area contributed by atoms with Crippen molar-refractivity contribution in [3.63, 3.8) is 0 Å². The summed E-state index contributed by atoms with van der Waals surface area (Å²) in [7, 11) is 0. The van der Waals surface area contributed by atoms with Crippen molar-refractivity contribution in [2.75, 3.05) is 6.54 Å². The van der Waals surface area contributed by atoms with E-state index in [0.29, 0.717) is 13.0 Å². The second kappa shape index (κ2) is 7.60. The Hall–Kier alpha value is -1.35. The van der Waals surface area contributed by atoms with Crippen molar-refractivity contribution >= 4 is 5.91 Å². The largest absolute Gasteiger partial charge is 0.350 e. The Morgan fingerprint density at radius 1 is 1.29 bits per heavy atom. The Bertz CT molecular complexity index is 480. The Balaban J connectivity index is 2.54. The lowest BCUT2D eigenvalue weighted by atomic mass is 9.84. The van der Waals surface area contributed by atoms with Crippen LogP contribution in [-0.4, -0.2) is 12.5 Å². The van der Waals surface area contributed by atoms with Crippen LogP contribution in [-0.2, 0) is 4.79 Å². The van der Waals surface area contributed by atoms with Crippen LogP contribution in [0, 0.1) is 19.3 Å². The van der Waals surface area contributed by atoms with E-state index >= 15 is 0 Å². The van der Waals surface area contributed by atoms with Crippen LogP contribution in [0.1, 0.15) is 62.8 Å². The number of carbonyl (C=O) groups excluding carboxylic acids is 1. The number of hydrogen-bond donors (Lipinski definition) is 2. The molecule has 0 spiro atoms. The first-order chi connectivity index (χ1) is 9.75. The third kappa shape index (κ3) is 5.88. The number of benzene rings is 1. The number of amides is 1. The topological polar surface area (TPSA) is 55.1 Å². The van der Waals surface area contributed by atoms with E-state index in [2.05, 4.69) is 51.2 Å². The average molecular weight is 290 g/mol. The first-order valence-corrected chi connectivity index (χ1v) is 7.82. The van der Waals surface area contributed by atoms with Crippen molar-refractivity contribution in [2.24, 2.45) is 11.1 Å². The van der Waals surface area contributed by atoms with Gasteiger partial charge in [0.2, 0.25) is 5.91 Å². The summed E-state index contributed by atoms with van der Waals surface area (Å²) < 4.78 is 0. The fraction of sp³-hybridized carbons (Fsp3) is 0.611. The van der Waals surface area contributed by atoms with Crippen molar-refractivity contribution in [3.05, 3.63) is 34.9 Å². The molecule has 21 heavy (non-hydrogen) atoms. The van der Waals surface area contributed by atoms with E-state index < -0.39 is 0 Å². The molecule has 118 valence electrons. The first kappa shape index (κ1) is 17.7. The van der Waals surface area contributed by atoms with Gasteiger partial charge in [-0.1, -0.05) is 37.6 Å².